The first-order chi connectivity index (χ1) is 12.8. The van der Waals surface area contributed by atoms with Crippen molar-refractivity contribution in [2.24, 2.45) is 17.8 Å². The van der Waals surface area contributed by atoms with E-state index in [4.69, 9.17) is 4.74 Å². The van der Waals surface area contributed by atoms with Crippen LogP contribution in [0.3, 0.4) is 0 Å². The summed E-state index contributed by atoms with van der Waals surface area (Å²) in [5, 5.41) is 0. The van der Waals surface area contributed by atoms with Gasteiger partial charge in [-0.3, -0.25) is 0 Å². The van der Waals surface area contributed by atoms with Gasteiger partial charge in [0, 0.05) is 0 Å². The molecule has 0 aromatic heterocycles. The number of hydrogen-bond donors (Lipinski definition) is 0. The molecule has 2 saturated carbocycles. The lowest BCUT2D eigenvalue weighted by atomic mass is 9.79. The highest BCUT2D eigenvalue weighted by Crippen LogP contribution is 2.33. The summed E-state index contributed by atoms with van der Waals surface area (Å²) in [4.78, 5) is 0. The summed E-state index contributed by atoms with van der Waals surface area (Å²) in [6.07, 6.45) is 27.9. The van der Waals surface area contributed by atoms with E-state index in [0.29, 0.717) is 6.10 Å². The fourth-order valence-corrected chi connectivity index (χ4v) is 5.14. The average molecular weight is 363 g/mol. The standard InChI is InChI=1S/C25H46O/c1-3-5-6-7-8-11-23-13-15-24(16-14-23)12-9-21-26-25-19-17-22(10-4-2)18-20-25/h9,12,22-25H,3-8,10-11,13-21H2,1-2H3/b12-9+. The Morgan fingerprint density at radius 1 is 0.692 bits per heavy atom. The lowest BCUT2D eigenvalue weighted by molar-refractivity contribution is 0.0333. The number of unbranched alkanes of at least 4 members (excludes halogenated alkanes) is 4. The SMILES string of the molecule is CCCCCCCC1CCC(/C=C/COC2CCC(CCC)CC2)CC1. The van der Waals surface area contributed by atoms with Gasteiger partial charge in [-0.2, -0.15) is 0 Å². The van der Waals surface area contributed by atoms with E-state index in [-0.39, 0.29) is 0 Å². The molecular weight excluding hydrogens is 316 g/mol. The van der Waals surface area contributed by atoms with Crippen molar-refractivity contribution in [1.29, 1.82) is 0 Å². The first kappa shape index (κ1) is 22.0. The summed E-state index contributed by atoms with van der Waals surface area (Å²) in [7, 11) is 0. The number of allylic oxidation sites excluding steroid dienone is 1. The molecule has 2 fully saturated rings. The minimum absolute atomic E-state index is 0.538. The zero-order valence-electron chi connectivity index (χ0n) is 17.9. The van der Waals surface area contributed by atoms with Crippen molar-refractivity contribution in [2.75, 3.05) is 6.61 Å². The molecule has 0 radical (unpaired) electrons. The van der Waals surface area contributed by atoms with Gasteiger partial charge in [-0.15, -0.1) is 0 Å². The molecule has 2 rings (SSSR count). The maximum atomic E-state index is 6.12. The lowest BCUT2D eigenvalue weighted by Crippen LogP contribution is -2.21. The first-order valence-corrected chi connectivity index (χ1v) is 12.1. The van der Waals surface area contributed by atoms with Gasteiger partial charge in [0.25, 0.3) is 0 Å². The predicted molar refractivity (Wildman–Crippen MR) is 115 cm³/mol. The third-order valence-corrected chi connectivity index (χ3v) is 6.93. The average Bonchev–Trinajstić information content (AvgIpc) is 2.68. The van der Waals surface area contributed by atoms with Crippen LogP contribution >= 0.6 is 0 Å². The normalized spacial score (nSPS) is 30.1. The number of hydrogen-bond acceptors (Lipinski definition) is 1. The molecule has 0 N–H and O–H groups in total. The van der Waals surface area contributed by atoms with Crippen LogP contribution in [0, 0.1) is 17.8 Å². The van der Waals surface area contributed by atoms with Crippen molar-refractivity contribution in [1.82, 2.24) is 0 Å². The van der Waals surface area contributed by atoms with Crippen molar-refractivity contribution < 1.29 is 4.74 Å². The molecule has 0 atom stereocenters. The van der Waals surface area contributed by atoms with Gasteiger partial charge >= 0.3 is 0 Å². The van der Waals surface area contributed by atoms with E-state index < -0.39 is 0 Å². The lowest BCUT2D eigenvalue weighted by Gasteiger charge is -2.28. The van der Waals surface area contributed by atoms with E-state index in [1.165, 1.54) is 103 Å². The third-order valence-electron chi connectivity index (χ3n) is 6.93. The predicted octanol–water partition coefficient (Wildman–Crippen LogP) is 8.09. The Kier molecular flexibility index (Phi) is 11.7. The second-order valence-electron chi connectivity index (χ2n) is 9.18. The fraction of sp³-hybridized carbons (Fsp3) is 0.920. The molecule has 26 heavy (non-hydrogen) atoms. The van der Waals surface area contributed by atoms with Crippen LogP contribution in [-0.4, -0.2) is 12.7 Å². The quantitative estimate of drug-likeness (QED) is 0.252. The minimum Gasteiger partial charge on any atom is -0.374 e. The van der Waals surface area contributed by atoms with Crippen LogP contribution in [0.5, 0.6) is 0 Å². The van der Waals surface area contributed by atoms with E-state index in [0.717, 1.165) is 24.4 Å². The molecule has 2 aliphatic rings. The largest absolute Gasteiger partial charge is 0.374 e. The van der Waals surface area contributed by atoms with E-state index in [2.05, 4.69) is 26.0 Å². The van der Waals surface area contributed by atoms with Crippen molar-refractivity contribution >= 4 is 0 Å². The topological polar surface area (TPSA) is 9.23 Å². The van der Waals surface area contributed by atoms with Gasteiger partial charge in [-0.05, 0) is 69.1 Å². The third kappa shape index (κ3) is 9.07. The van der Waals surface area contributed by atoms with Crippen LogP contribution in [0.2, 0.25) is 0 Å². The van der Waals surface area contributed by atoms with Crippen LogP contribution in [0.4, 0.5) is 0 Å². The van der Waals surface area contributed by atoms with Gasteiger partial charge in [-0.25, -0.2) is 0 Å². The van der Waals surface area contributed by atoms with Gasteiger partial charge in [0.15, 0.2) is 0 Å². The molecule has 0 bridgehead atoms. The first-order valence-electron chi connectivity index (χ1n) is 12.1. The molecule has 1 heteroatoms. The summed E-state index contributed by atoms with van der Waals surface area (Å²) in [6.45, 7) is 5.47. The Labute approximate surface area is 164 Å². The van der Waals surface area contributed by atoms with Crippen LogP contribution in [0.25, 0.3) is 0 Å². The molecular formula is C25H46O. The van der Waals surface area contributed by atoms with E-state index in [9.17, 15) is 0 Å². The van der Waals surface area contributed by atoms with Gasteiger partial charge in [0.2, 0.25) is 0 Å². The highest BCUT2D eigenvalue weighted by atomic mass is 16.5. The second kappa shape index (κ2) is 13.8. The maximum Gasteiger partial charge on any atom is 0.0651 e. The smallest absolute Gasteiger partial charge is 0.0651 e. The zero-order chi connectivity index (χ0) is 18.5. The molecule has 0 aromatic rings. The highest BCUT2D eigenvalue weighted by molar-refractivity contribution is 4.91. The highest BCUT2D eigenvalue weighted by Gasteiger charge is 2.21. The maximum absolute atomic E-state index is 6.12. The Balaban J connectivity index is 1.48. The van der Waals surface area contributed by atoms with Gasteiger partial charge in [-0.1, -0.05) is 77.4 Å². The summed E-state index contributed by atoms with van der Waals surface area (Å²) in [5.74, 6) is 2.84. The van der Waals surface area contributed by atoms with Gasteiger partial charge in [0.1, 0.15) is 0 Å². The molecule has 2 aliphatic carbocycles. The van der Waals surface area contributed by atoms with Crippen LogP contribution in [0.1, 0.15) is 117 Å². The van der Waals surface area contributed by atoms with Crippen molar-refractivity contribution in [2.45, 2.75) is 123 Å². The summed E-state index contributed by atoms with van der Waals surface area (Å²) < 4.78 is 6.12. The van der Waals surface area contributed by atoms with Gasteiger partial charge in [0.05, 0.1) is 12.7 Å². The Morgan fingerprint density at radius 2 is 1.35 bits per heavy atom. The molecule has 0 unspecified atom stereocenters. The molecule has 0 aliphatic heterocycles. The molecule has 0 saturated heterocycles. The van der Waals surface area contributed by atoms with Crippen LogP contribution in [0.15, 0.2) is 12.2 Å². The Bertz CT molecular complexity index is 345. The Hall–Kier alpha value is -0.300. The number of rotatable bonds is 12. The van der Waals surface area contributed by atoms with E-state index in [1.807, 2.05) is 0 Å². The fourth-order valence-electron chi connectivity index (χ4n) is 5.14. The molecule has 152 valence electrons. The second-order valence-corrected chi connectivity index (χ2v) is 9.18. The molecule has 0 amide bonds. The Morgan fingerprint density at radius 3 is 2.04 bits per heavy atom. The monoisotopic (exact) mass is 362 g/mol. The minimum atomic E-state index is 0.538. The van der Waals surface area contributed by atoms with E-state index >= 15 is 0 Å². The summed E-state index contributed by atoms with van der Waals surface area (Å²) >= 11 is 0. The number of ether oxygens (including phenoxy) is 1. The van der Waals surface area contributed by atoms with Crippen LogP contribution < -0.4 is 0 Å². The molecule has 1 nitrogen and oxygen atoms in total. The van der Waals surface area contributed by atoms with Crippen molar-refractivity contribution in [3.8, 4) is 0 Å². The van der Waals surface area contributed by atoms with Crippen molar-refractivity contribution in [3.63, 3.8) is 0 Å². The van der Waals surface area contributed by atoms with Crippen molar-refractivity contribution in [3.05, 3.63) is 12.2 Å². The van der Waals surface area contributed by atoms with Crippen LogP contribution in [-0.2, 0) is 4.74 Å². The molecule has 0 aromatic carbocycles. The summed E-state index contributed by atoms with van der Waals surface area (Å²) in [6, 6.07) is 0. The molecule has 0 heterocycles. The van der Waals surface area contributed by atoms with Gasteiger partial charge < -0.3 is 4.74 Å². The van der Waals surface area contributed by atoms with E-state index in [1.54, 1.807) is 0 Å². The molecule has 0 spiro atoms. The zero-order valence-corrected chi connectivity index (χ0v) is 17.9. The summed E-state index contributed by atoms with van der Waals surface area (Å²) in [5.41, 5.74) is 0.